The van der Waals surface area contributed by atoms with Crippen molar-refractivity contribution in [2.45, 2.75) is 44.5 Å². The smallest absolute Gasteiger partial charge is 0.123 e. The van der Waals surface area contributed by atoms with Crippen LogP contribution in [0, 0.1) is 0 Å². The molecule has 0 aromatic carbocycles. The SMILES string of the molecule is BC1CC(B)N(C(C)(C)C)C1. The van der Waals surface area contributed by atoms with Gasteiger partial charge in [-0.15, -0.1) is 0 Å². The van der Waals surface area contributed by atoms with E-state index >= 15 is 0 Å². The van der Waals surface area contributed by atoms with Gasteiger partial charge < -0.3 is 4.90 Å². The molecule has 0 saturated carbocycles. The fraction of sp³-hybridized carbons (Fsp3) is 1.00. The van der Waals surface area contributed by atoms with Crippen LogP contribution in [-0.2, 0) is 0 Å². The molecule has 62 valence electrons. The van der Waals surface area contributed by atoms with Crippen LogP contribution in [0.1, 0.15) is 27.2 Å². The summed E-state index contributed by atoms with van der Waals surface area (Å²) in [5.41, 5.74) is 0.365. The van der Waals surface area contributed by atoms with Gasteiger partial charge in [0.25, 0.3) is 0 Å². The first-order valence-electron chi connectivity index (χ1n) is 4.68. The highest BCUT2D eigenvalue weighted by Gasteiger charge is 2.32. The first kappa shape index (κ1) is 9.18. The highest BCUT2D eigenvalue weighted by Crippen LogP contribution is 2.29. The van der Waals surface area contributed by atoms with Gasteiger partial charge in [-0.2, -0.15) is 0 Å². The predicted molar refractivity (Wildman–Crippen MR) is 55.7 cm³/mol. The molecule has 3 heteroatoms. The molecule has 2 unspecified atom stereocenters. The molecule has 0 aliphatic carbocycles. The molecule has 0 bridgehead atoms. The van der Waals surface area contributed by atoms with Gasteiger partial charge >= 0.3 is 0 Å². The van der Waals surface area contributed by atoms with Crippen molar-refractivity contribution in [2.24, 2.45) is 0 Å². The average molecular weight is 151 g/mol. The minimum atomic E-state index is 0.365. The number of likely N-dealkylation sites (tertiary alicyclic amines) is 1. The molecule has 1 fully saturated rings. The summed E-state index contributed by atoms with van der Waals surface area (Å²) in [6, 6.07) is 0. The summed E-state index contributed by atoms with van der Waals surface area (Å²) in [5.74, 6) is 1.68. The molecule has 1 rings (SSSR count). The summed E-state index contributed by atoms with van der Waals surface area (Å²) >= 11 is 0. The molecule has 1 heterocycles. The predicted octanol–water partition coefficient (Wildman–Crippen LogP) is -0.129. The van der Waals surface area contributed by atoms with Crippen LogP contribution < -0.4 is 0 Å². The van der Waals surface area contributed by atoms with Crippen molar-refractivity contribution in [2.75, 3.05) is 6.54 Å². The molecule has 0 amide bonds. The maximum atomic E-state index is 2.61. The fourth-order valence-electron chi connectivity index (χ4n) is 2.23. The molecule has 0 aromatic rings. The van der Waals surface area contributed by atoms with E-state index in [-0.39, 0.29) is 0 Å². The zero-order valence-corrected chi connectivity index (χ0v) is 8.52. The maximum Gasteiger partial charge on any atom is 0.123 e. The fourth-order valence-corrected chi connectivity index (χ4v) is 2.23. The van der Waals surface area contributed by atoms with Crippen LogP contribution in [0.2, 0.25) is 5.82 Å². The lowest BCUT2D eigenvalue weighted by Gasteiger charge is -2.35. The van der Waals surface area contributed by atoms with Crippen LogP contribution in [0.3, 0.4) is 0 Å². The van der Waals surface area contributed by atoms with Crippen molar-refractivity contribution >= 4 is 15.7 Å². The summed E-state index contributed by atoms with van der Waals surface area (Å²) in [6.07, 6.45) is 1.37. The maximum absolute atomic E-state index is 2.61. The van der Waals surface area contributed by atoms with Crippen molar-refractivity contribution in [3.8, 4) is 0 Å². The topological polar surface area (TPSA) is 3.24 Å². The lowest BCUT2D eigenvalue weighted by molar-refractivity contribution is 0.157. The van der Waals surface area contributed by atoms with Crippen LogP contribution in [0.25, 0.3) is 0 Å². The van der Waals surface area contributed by atoms with Crippen molar-refractivity contribution < 1.29 is 0 Å². The normalized spacial score (nSPS) is 34.5. The minimum absolute atomic E-state index is 0.365. The highest BCUT2D eigenvalue weighted by molar-refractivity contribution is 6.15. The van der Waals surface area contributed by atoms with Crippen LogP contribution in [0.4, 0.5) is 0 Å². The Balaban J connectivity index is 2.60. The Bertz CT molecular complexity index is 142. The molecular formula is C8H19B2N. The summed E-state index contributed by atoms with van der Waals surface area (Å²) < 4.78 is 0. The van der Waals surface area contributed by atoms with Crippen LogP contribution in [0.15, 0.2) is 0 Å². The van der Waals surface area contributed by atoms with Gasteiger partial charge in [0.2, 0.25) is 0 Å². The van der Waals surface area contributed by atoms with Crippen molar-refractivity contribution in [1.29, 1.82) is 0 Å². The van der Waals surface area contributed by atoms with E-state index in [0.717, 1.165) is 11.8 Å². The van der Waals surface area contributed by atoms with Gasteiger partial charge in [-0.3, -0.25) is 0 Å². The van der Waals surface area contributed by atoms with E-state index in [2.05, 4.69) is 41.4 Å². The Morgan fingerprint density at radius 3 is 2.00 bits per heavy atom. The molecule has 0 spiro atoms. The molecule has 1 aliphatic heterocycles. The molecule has 1 saturated heterocycles. The van der Waals surface area contributed by atoms with Crippen molar-refractivity contribution in [3.05, 3.63) is 0 Å². The highest BCUT2D eigenvalue weighted by atomic mass is 15.2. The van der Waals surface area contributed by atoms with E-state index in [1.807, 2.05) is 0 Å². The quantitative estimate of drug-likeness (QED) is 0.436. The van der Waals surface area contributed by atoms with Gasteiger partial charge in [-0.25, -0.2) is 0 Å². The molecule has 1 aliphatic rings. The zero-order valence-electron chi connectivity index (χ0n) is 8.52. The Kier molecular flexibility index (Phi) is 2.38. The lowest BCUT2D eigenvalue weighted by atomic mass is 9.81. The standard InChI is InChI=1S/C8H19B2N/c1-8(2,3)11-5-6(9)4-7(11)10/h6-7H,4-5,9-10H2,1-3H3. The second-order valence-electron chi connectivity index (χ2n) is 5.01. The van der Waals surface area contributed by atoms with Gasteiger partial charge in [0.05, 0.1) is 0 Å². The second kappa shape index (κ2) is 2.85. The van der Waals surface area contributed by atoms with E-state index in [0.29, 0.717) is 5.54 Å². The lowest BCUT2D eigenvalue weighted by Crippen LogP contribution is -2.44. The molecule has 2 atom stereocenters. The first-order valence-corrected chi connectivity index (χ1v) is 4.68. The van der Waals surface area contributed by atoms with E-state index in [1.54, 1.807) is 0 Å². The summed E-state index contributed by atoms with van der Waals surface area (Å²) in [4.78, 5) is 2.61. The van der Waals surface area contributed by atoms with E-state index in [4.69, 9.17) is 0 Å². The Labute approximate surface area is 72.4 Å². The Morgan fingerprint density at radius 1 is 1.27 bits per heavy atom. The van der Waals surface area contributed by atoms with Crippen LogP contribution in [-0.4, -0.2) is 38.6 Å². The Hall–Kier alpha value is 0.0899. The third-order valence-electron chi connectivity index (χ3n) is 2.65. The van der Waals surface area contributed by atoms with Gasteiger partial charge in [0.1, 0.15) is 15.7 Å². The first-order chi connectivity index (χ1) is 4.91. The zero-order chi connectivity index (χ0) is 8.65. The average Bonchev–Trinajstić information content (AvgIpc) is 2.08. The number of hydrogen-bond donors (Lipinski definition) is 0. The molecule has 0 radical (unpaired) electrons. The van der Waals surface area contributed by atoms with E-state index in [1.165, 1.54) is 13.0 Å². The van der Waals surface area contributed by atoms with E-state index < -0.39 is 0 Å². The molecular weight excluding hydrogens is 132 g/mol. The Morgan fingerprint density at radius 2 is 1.82 bits per heavy atom. The van der Waals surface area contributed by atoms with Crippen LogP contribution >= 0.6 is 0 Å². The molecule has 1 nitrogen and oxygen atoms in total. The molecule has 0 aromatic heterocycles. The summed E-state index contributed by atoms with van der Waals surface area (Å²) in [7, 11) is 4.69. The van der Waals surface area contributed by atoms with Crippen LogP contribution in [0.5, 0.6) is 0 Å². The second-order valence-corrected chi connectivity index (χ2v) is 5.01. The third-order valence-corrected chi connectivity index (χ3v) is 2.65. The summed E-state index contributed by atoms with van der Waals surface area (Å²) in [5, 5.41) is 0. The van der Waals surface area contributed by atoms with Crippen molar-refractivity contribution in [1.82, 2.24) is 4.90 Å². The summed E-state index contributed by atoms with van der Waals surface area (Å²) in [6.45, 7) is 8.20. The number of nitrogens with zero attached hydrogens (tertiary/aromatic N) is 1. The van der Waals surface area contributed by atoms with Gasteiger partial charge in [0.15, 0.2) is 0 Å². The van der Waals surface area contributed by atoms with Gasteiger partial charge in [0, 0.05) is 5.54 Å². The minimum Gasteiger partial charge on any atom is -0.304 e. The van der Waals surface area contributed by atoms with Crippen molar-refractivity contribution in [3.63, 3.8) is 0 Å². The van der Waals surface area contributed by atoms with E-state index in [9.17, 15) is 0 Å². The third kappa shape index (κ3) is 2.02. The number of hydrogen-bond acceptors (Lipinski definition) is 1. The van der Waals surface area contributed by atoms with Gasteiger partial charge in [-0.05, 0) is 39.7 Å². The molecule has 11 heavy (non-hydrogen) atoms. The largest absolute Gasteiger partial charge is 0.304 e. The van der Waals surface area contributed by atoms with Gasteiger partial charge in [-0.1, -0.05) is 5.82 Å². The molecule has 0 N–H and O–H groups in total. The monoisotopic (exact) mass is 151 g/mol. The number of rotatable bonds is 0.